The summed E-state index contributed by atoms with van der Waals surface area (Å²) >= 11 is 0. The van der Waals surface area contributed by atoms with Crippen LogP contribution in [0.1, 0.15) is 46.0 Å². The van der Waals surface area contributed by atoms with E-state index in [4.69, 9.17) is 15.3 Å². The van der Waals surface area contributed by atoms with E-state index in [-0.39, 0.29) is 18.6 Å². The van der Waals surface area contributed by atoms with Crippen LogP contribution in [0.3, 0.4) is 0 Å². The third-order valence-corrected chi connectivity index (χ3v) is 2.96. The van der Waals surface area contributed by atoms with Crippen molar-refractivity contribution in [2.75, 3.05) is 0 Å². The highest BCUT2D eigenvalue weighted by Gasteiger charge is 2.30. The summed E-state index contributed by atoms with van der Waals surface area (Å²) in [5.74, 6) is -1.86. The van der Waals surface area contributed by atoms with Gasteiger partial charge in [-0.15, -0.1) is 0 Å². The molecule has 0 bridgehead atoms. The lowest BCUT2D eigenvalue weighted by atomic mass is 9.91. The van der Waals surface area contributed by atoms with E-state index in [0.717, 1.165) is 0 Å². The first-order valence-electron chi connectivity index (χ1n) is 6.00. The molecular weight excluding hydrogens is 256 g/mol. The molecule has 0 aromatic heterocycles. The second-order valence-electron chi connectivity index (χ2n) is 4.59. The van der Waals surface area contributed by atoms with Gasteiger partial charge in [0, 0.05) is 31.8 Å². The van der Waals surface area contributed by atoms with Gasteiger partial charge in [-0.3, -0.25) is 9.59 Å². The second-order valence-corrected chi connectivity index (χ2v) is 4.59. The van der Waals surface area contributed by atoms with Gasteiger partial charge in [-0.1, -0.05) is 0 Å². The molecule has 0 aromatic rings. The summed E-state index contributed by atoms with van der Waals surface area (Å²) in [4.78, 5) is 30.8. The molecule has 1 aliphatic rings. The molecule has 1 rings (SSSR count). The standard InChI is InChI=1S/C12H18O7/c1-8(13)17-11-5-3-4-10(14)9(11)6-7-12(2,18-15)19-16/h15-16H,3-7H2,1-2H3. The molecule has 0 spiro atoms. The largest absolute Gasteiger partial charge is 0.431 e. The number of allylic oxidation sites excluding steroid dienone is 2. The second kappa shape index (κ2) is 6.76. The number of carbonyl (C=O) groups excluding carboxylic acids is 2. The van der Waals surface area contributed by atoms with Crippen LogP contribution in [-0.2, 0) is 24.1 Å². The Labute approximate surface area is 110 Å². The maximum absolute atomic E-state index is 11.8. The van der Waals surface area contributed by atoms with Crippen molar-refractivity contribution >= 4 is 11.8 Å². The van der Waals surface area contributed by atoms with Gasteiger partial charge < -0.3 is 4.74 Å². The zero-order valence-corrected chi connectivity index (χ0v) is 11.0. The van der Waals surface area contributed by atoms with Gasteiger partial charge in [-0.25, -0.2) is 20.3 Å². The summed E-state index contributed by atoms with van der Waals surface area (Å²) in [6.07, 6.45) is 1.73. The van der Waals surface area contributed by atoms with E-state index in [0.29, 0.717) is 30.6 Å². The number of ketones is 1. The first-order valence-corrected chi connectivity index (χ1v) is 6.00. The highest BCUT2D eigenvalue weighted by atomic mass is 17.2. The van der Waals surface area contributed by atoms with Gasteiger partial charge in [0.2, 0.25) is 5.79 Å². The fourth-order valence-electron chi connectivity index (χ4n) is 1.89. The van der Waals surface area contributed by atoms with Crippen LogP contribution in [0.5, 0.6) is 0 Å². The lowest BCUT2D eigenvalue weighted by Crippen LogP contribution is -2.31. The third kappa shape index (κ3) is 4.39. The molecule has 0 atom stereocenters. The van der Waals surface area contributed by atoms with E-state index in [1.807, 2.05) is 0 Å². The van der Waals surface area contributed by atoms with Gasteiger partial charge >= 0.3 is 5.97 Å². The van der Waals surface area contributed by atoms with Crippen LogP contribution in [0, 0.1) is 0 Å². The van der Waals surface area contributed by atoms with E-state index in [1.165, 1.54) is 13.8 Å². The van der Waals surface area contributed by atoms with Crippen LogP contribution < -0.4 is 0 Å². The Morgan fingerprint density at radius 2 is 1.95 bits per heavy atom. The van der Waals surface area contributed by atoms with Gasteiger partial charge in [-0.2, -0.15) is 0 Å². The smallest absolute Gasteiger partial charge is 0.307 e. The van der Waals surface area contributed by atoms with Crippen LogP contribution in [-0.4, -0.2) is 28.1 Å². The molecule has 19 heavy (non-hydrogen) atoms. The van der Waals surface area contributed by atoms with Crippen molar-refractivity contribution in [2.45, 2.75) is 51.7 Å². The average Bonchev–Trinajstić information content (AvgIpc) is 2.37. The zero-order valence-electron chi connectivity index (χ0n) is 11.0. The van der Waals surface area contributed by atoms with Gasteiger partial charge in [0.25, 0.3) is 0 Å². The number of hydrogen-bond donors (Lipinski definition) is 2. The number of esters is 1. The van der Waals surface area contributed by atoms with Gasteiger partial charge in [0.15, 0.2) is 5.78 Å². The summed E-state index contributed by atoms with van der Waals surface area (Å²) in [6.45, 7) is 2.58. The van der Waals surface area contributed by atoms with E-state index >= 15 is 0 Å². The SMILES string of the molecule is CC(=O)OC1=C(CCC(C)(OO)OO)C(=O)CCC1. The number of rotatable bonds is 6. The Morgan fingerprint density at radius 3 is 2.47 bits per heavy atom. The number of hydrogen-bond acceptors (Lipinski definition) is 7. The van der Waals surface area contributed by atoms with Crippen molar-refractivity contribution < 1.29 is 34.6 Å². The summed E-state index contributed by atoms with van der Waals surface area (Å²) in [7, 11) is 0. The van der Waals surface area contributed by atoms with Crippen LogP contribution in [0.15, 0.2) is 11.3 Å². The molecule has 2 N–H and O–H groups in total. The predicted molar refractivity (Wildman–Crippen MR) is 62.7 cm³/mol. The molecule has 0 saturated carbocycles. The van der Waals surface area contributed by atoms with Crippen LogP contribution in [0.4, 0.5) is 0 Å². The van der Waals surface area contributed by atoms with Gasteiger partial charge in [-0.05, 0) is 19.8 Å². The van der Waals surface area contributed by atoms with Crippen LogP contribution in [0.25, 0.3) is 0 Å². The predicted octanol–water partition coefficient (Wildman–Crippen LogP) is 2.03. The Kier molecular flexibility index (Phi) is 5.61. The molecule has 0 saturated heterocycles. The third-order valence-electron chi connectivity index (χ3n) is 2.96. The molecule has 0 aromatic carbocycles. The molecule has 0 heterocycles. The molecule has 0 fully saturated rings. The van der Waals surface area contributed by atoms with Crippen molar-refractivity contribution in [3.63, 3.8) is 0 Å². The number of Topliss-reactive ketones (excluding diaryl/α,β-unsaturated/α-hetero) is 1. The fourth-order valence-corrected chi connectivity index (χ4v) is 1.89. The molecule has 0 aliphatic heterocycles. The minimum Gasteiger partial charge on any atom is -0.431 e. The zero-order chi connectivity index (χ0) is 14.5. The molecular formula is C12H18O7. The molecule has 7 heteroatoms. The number of carbonyl (C=O) groups is 2. The Hall–Kier alpha value is -1.28. The highest BCUT2D eigenvalue weighted by molar-refractivity contribution is 5.96. The highest BCUT2D eigenvalue weighted by Crippen LogP contribution is 2.29. The molecule has 1 aliphatic carbocycles. The van der Waals surface area contributed by atoms with Crippen molar-refractivity contribution in [1.82, 2.24) is 0 Å². The Morgan fingerprint density at radius 1 is 1.32 bits per heavy atom. The average molecular weight is 274 g/mol. The molecule has 0 radical (unpaired) electrons. The van der Waals surface area contributed by atoms with E-state index < -0.39 is 11.8 Å². The van der Waals surface area contributed by atoms with Crippen molar-refractivity contribution in [1.29, 1.82) is 0 Å². The summed E-state index contributed by atoms with van der Waals surface area (Å²) < 4.78 is 5.02. The van der Waals surface area contributed by atoms with E-state index in [2.05, 4.69) is 9.78 Å². The minimum atomic E-state index is -1.62. The lowest BCUT2D eigenvalue weighted by molar-refractivity contribution is -0.481. The lowest BCUT2D eigenvalue weighted by Gasteiger charge is -2.24. The quantitative estimate of drug-likeness (QED) is 0.330. The topological polar surface area (TPSA) is 102 Å². The fraction of sp³-hybridized carbons (Fsp3) is 0.667. The van der Waals surface area contributed by atoms with Crippen molar-refractivity contribution in [3.05, 3.63) is 11.3 Å². The molecule has 7 nitrogen and oxygen atoms in total. The van der Waals surface area contributed by atoms with Crippen molar-refractivity contribution in [3.8, 4) is 0 Å². The molecule has 0 amide bonds. The minimum absolute atomic E-state index is 0.0336. The Bertz CT molecular complexity index is 382. The van der Waals surface area contributed by atoms with E-state index in [9.17, 15) is 9.59 Å². The van der Waals surface area contributed by atoms with E-state index in [1.54, 1.807) is 0 Å². The maximum Gasteiger partial charge on any atom is 0.307 e. The maximum atomic E-state index is 11.8. The van der Waals surface area contributed by atoms with Gasteiger partial charge in [0.1, 0.15) is 5.76 Å². The monoisotopic (exact) mass is 274 g/mol. The normalized spacial score (nSPS) is 16.7. The molecule has 0 unspecified atom stereocenters. The van der Waals surface area contributed by atoms with Crippen molar-refractivity contribution in [2.24, 2.45) is 0 Å². The molecule has 108 valence electrons. The van der Waals surface area contributed by atoms with Gasteiger partial charge in [0.05, 0.1) is 0 Å². The first-order chi connectivity index (χ1) is 8.91. The summed E-state index contributed by atoms with van der Waals surface area (Å²) in [5.41, 5.74) is 0.377. The number of ether oxygens (including phenoxy) is 1. The first kappa shape index (κ1) is 15.8. The van der Waals surface area contributed by atoms with Crippen LogP contribution >= 0.6 is 0 Å². The van der Waals surface area contributed by atoms with Crippen LogP contribution in [0.2, 0.25) is 0 Å². The Balaban J connectivity index is 2.82. The summed E-state index contributed by atoms with van der Waals surface area (Å²) in [5, 5.41) is 17.2. The summed E-state index contributed by atoms with van der Waals surface area (Å²) in [6, 6.07) is 0.